The number of hydrogen-bond acceptors (Lipinski definition) is 3. The number of ether oxygens (including phenoxy) is 1. The number of rotatable bonds is 5. The van der Waals surface area contributed by atoms with E-state index in [0.29, 0.717) is 6.42 Å². The Morgan fingerprint density at radius 1 is 1.44 bits per heavy atom. The highest BCUT2D eigenvalue weighted by molar-refractivity contribution is 5.84. The van der Waals surface area contributed by atoms with E-state index in [4.69, 9.17) is 10.5 Å². The van der Waals surface area contributed by atoms with Crippen LogP contribution in [-0.2, 0) is 9.53 Å². The predicted octanol–water partition coefficient (Wildman–Crippen LogP) is 2.81. The molecule has 0 spiro atoms. The number of allylic oxidation sites excluding steroid dienone is 2. The summed E-state index contributed by atoms with van der Waals surface area (Å²) in [6.45, 7) is 5.60. The topological polar surface area (TPSA) is 69.4 Å². The summed E-state index contributed by atoms with van der Waals surface area (Å²) in [5.41, 5.74) is 4.56. The lowest BCUT2D eigenvalue weighted by Crippen LogP contribution is -2.48. The molecule has 1 aliphatic carbocycles. The lowest BCUT2D eigenvalue weighted by molar-refractivity contribution is -0.137. The summed E-state index contributed by atoms with van der Waals surface area (Å²) in [6, 6.07) is 0. The number of Topliss-reactive ketones (excluding diaryl/α,β-unsaturated/α-hetero) is 1. The molecule has 0 bridgehead atoms. The van der Waals surface area contributed by atoms with Crippen LogP contribution in [-0.4, -0.2) is 18.0 Å². The van der Waals surface area contributed by atoms with E-state index in [1.807, 2.05) is 19.9 Å². The monoisotopic (exact) mass is 253 g/mol. The van der Waals surface area contributed by atoms with Crippen LogP contribution in [0.5, 0.6) is 0 Å². The molecule has 0 saturated heterocycles. The number of nitrogens with two attached hydrogens (primary N) is 1. The first-order chi connectivity index (χ1) is 8.44. The van der Waals surface area contributed by atoms with Gasteiger partial charge in [0.2, 0.25) is 0 Å². The van der Waals surface area contributed by atoms with Crippen LogP contribution >= 0.6 is 0 Å². The Balaban J connectivity index is 3.08. The van der Waals surface area contributed by atoms with E-state index in [1.165, 1.54) is 0 Å². The van der Waals surface area contributed by atoms with Crippen LogP contribution in [0.4, 0.5) is 4.79 Å². The molecular weight excluding hydrogens is 230 g/mol. The fraction of sp³-hybridized carbons (Fsp3) is 0.714. The van der Waals surface area contributed by atoms with Gasteiger partial charge in [0, 0.05) is 0 Å². The second-order valence-corrected chi connectivity index (χ2v) is 5.17. The lowest BCUT2D eigenvalue weighted by Gasteiger charge is -2.41. The van der Waals surface area contributed by atoms with Crippen molar-refractivity contribution in [3.63, 3.8) is 0 Å². The summed E-state index contributed by atoms with van der Waals surface area (Å²) >= 11 is 0. The van der Waals surface area contributed by atoms with Gasteiger partial charge in [0.05, 0.1) is 5.41 Å². The SMILES string of the molecule is CCC(C)C(OC(N)=O)C1(C(C)=O)CC=CCC1. The molecule has 18 heavy (non-hydrogen) atoms. The van der Waals surface area contributed by atoms with Gasteiger partial charge in [-0.05, 0) is 32.1 Å². The van der Waals surface area contributed by atoms with Crippen LogP contribution in [0.1, 0.15) is 46.5 Å². The molecule has 0 aromatic rings. The first-order valence-electron chi connectivity index (χ1n) is 6.56. The summed E-state index contributed by atoms with van der Waals surface area (Å²) in [4.78, 5) is 23.2. The van der Waals surface area contributed by atoms with E-state index in [0.717, 1.165) is 19.3 Å². The van der Waals surface area contributed by atoms with Crippen LogP contribution < -0.4 is 5.73 Å². The molecule has 2 N–H and O–H groups in total. The quantitative estimate of drug-likeness (QED) is 0.766. The Hall–Kier alpha value is -1.32. The van der Waals surface area contributed by atoms with Crippen LogP contribution in [0, 0.1) is 11.3 Å². The van der Waals surface area contributed by atoms with Gasteiger partial charge in [0.15, 0.2) is 0 Å². The molecule has 102 valence electrons. The van der Waals surface area contributed by atoms with Crippen molar-refractivity contribution in [3.8, 4) is 0 Å². The zero-order chi connectivity index (χ0) is 13.8. The first-order valence-corrected chi connectivity index (χ1v) is 6.56. The third kappa shape index (κ3) is 2.92. The Labute approximate surface area is 109 Å². The summed E-state index contributed by atoms with van der Waals surface area (Å²) in [7, 11) is 0. The van der Waals surface area contributed by atoms with Crippen LogP contribution in [0.2, 0.25) is 0 Å². The molecule has 0 saturated carbocycles. The minimum atomic E-state index is -0.796. The van der Waals surface area contributed by atoms with Crippen molar-refractivity contribution in [1.29, 1.82) is 0 Å². The number of ketones is 1. The molecule has 1 rings (SSSR count). The molecule has 0 aromatic carbocycles. The van der Waals surface area contributed by atoms with Gasteiger partial charge in [0.25, 0.3) is 0 Å². The third-order valence-corrected chi connectivity index (χ3v) is 4.06. The molecule has 3 unspecified atom stereocenters. The minimum Gasteiger partial charge on any atom is -0.445 e. The molecule has 1 aliphatic rings. The van der Waals surface area contributed by atoms with E-state index in [2.05, 4.69) is 6.08 Å². The van der Waals surface area contributed by atoms with Gasteiger partial charge >= 0.3 is 6.09 Å². The van der Waals surface area contributed by atoms with Crippen molar-refractivity contribution in [2.24, 2.45) is 17.1 Å². The largest absolute Gasteiger partial charge is 0.445 e. The van der Waals surface area contributed by atoms with Crippen molar-refractivity contribution in [2.75, 3.05) is 0 Å². The standard InChI is InChI=1S/C14H23NO3/c1-4-10(2)12(18-13(15)17)14(11(3)16)8-6-5-7-9-14/h5-6,10,12H,4,7-9H2,1-3H3,(H2,15,17). The van der Waals surface area contributed by atoms with Crippen LogP contribution in [0.25, 0.3) is 0 Å². The summed E-state index contributed by atoms with van der Waals surface area (Å²) in [5.74, 6) is 0.200. The summed E-state index contributed by atoms with van der Waals surface area (Å²) < 4.78 is 5.29. The fourth-order valence-corrected chi connectivity index (χ4v) is 2.75. The molecule has 1 amide bonds. The van der Waals surface area contributed by atoms with E-state index < -0.39 is 17.6 Å². The van der Waals surface area contributed by atoms with Crippen molar-refractivity contribution in [3.05, 3.63) is 12.2 Å². The maximum atomic E-state index is 12.1. The highest BCUT2D eigenvalue weighted by Gasteiger charge is 2.47. The lowest BCUT2D eigenvalue weighted by atomic mass is 9.66. The van der Waals surface area contributed by atoms with E-state index in [1.54, 1.807) is 6.92 Å². The minimum absolute atomic E-state index is 0.0819. The molecular formula is C14H23NO3. The fourth-order valence-electron chi connectivity index (χ4n) is 2.75. The Bertz CT molecular complexity index is 351. The number of primary amides is 1. The average Bonchev–Trinajstić information content (AvgIpc) is 2.35. The van der Waals surface area contributed by atoms with Crippen LogP contribution in [0.3, 0.4) is 0 Å². The van der Waals surface area contributed by atoms with Crippen molar-refractivity contribution < 1.29 is 14.3 Å². The van der Waals surface area contributed by atoms with Gasteiger partial charge < -0.3 is 10.5 Å². The van der Waals surface area contributed by atoms with Gasteiger partial charge in [-0.1, -0.05) is 32.4 Å². The Morgan fingerprint density at radius 2 is 2.11 bits per heavy atom. The van der Waals surface area contributed by atoms with Gasteiger partial charge in [-0.15, -0.1) is 0 Å². The highest BCUT2D eigenvalue weighted by Crippen LogP contribution is 2.42. The Kier molecular flexibility index (Phi) is 4.93. The molecule has 4 heteroatoms. The maximum Gasteiger partial charge on any atom is 0.404 e. The van der Waals surface area contributed by atoms with Crippen LogP contribution in [0.15, 0.2) is 12.2 Å². The average molecular weight is 253 g/mol. The molecule has 0 heterocycles. The van der Waals surface area contributed by atoms with Crippen molar-refractivity contribution >= 4 is 11.9 Å². The molecule has 3 atom stereocenters. The second kappa shape index (κ2) is 6.03. The molecule has 0 fully saturated rings. The number of amides is 1. The zero-order valence-corrected chi connectivity index (χ0v) is 11.4. The maximum absolute atomic E-state index is 12.1. The van der Waals surface area contributed by atoms with E-state index in [9.17, 15) is 9.59 Å². The number of carbonyl (C=O) groups excluding carboxylic acids is 2. The number of hydrogen-bond donors (Lipinski definition) is 1. The predicted molar refractivity (Wildman–Crippen MR) is 70.0 cm³/mol. The molecule has 0 radical (unpaired) electrons. The van der Waals surface area contributed by atoms with Gasteiger partial charge in [-0.2, -0.15) is 0 Å². The van der Waals surface area contributed by atoms with Gasteiger partial charge in [0.1, 0.15) is 11.9 Å². The highest BCUT2D eigenvalue weighted by atomic mass is 16.6. The molecule has 0 aromatic heterocycles. The summed E-state index contributed by atoms with van der Waals surface area (Å²) in [6.07, 6.45) is 5.89. The van der Waals surface area contributed by atoms with Gasteiger partial charge in [-0.25, -0.2) is 4.79 Å². The third-order valence-electron chi connectivity index (χ3n) is 4.06. The van der Waals surface area contributed by atoms with E-state index in [-0.39, 0.29) is 11.7 Å². The Morgan fingerprint density at radius 3 is 2.50 bits per heavy atom. The number of carbonyl (C=O) groups is 2. The second-order valence-electron chi connectivity index (χ2n) is 5.17. The smallest absolute Gasteiger partial charge is 0.404 e. The van der Waals surface area contributed by atoms with Crippen molar-refractivity contribution in [2.45, 2.75) is 52.6 Å². The molecule has 0 aliphatic heterocycles. The van der Waals surface area contributed by atoms with Crippen molar-refractivity contribution in [1.82, 2.24) is 0 Å². The van der Waals surface area contributed by atoms with E-state index >= 15 is 0 Å². The first kappa shape index (κ1) is 14.7. The van der Waals surface area contributed by atoms with Gasteiger partial charge in [-0.3, -0.25) is 4.79 Å². The normalized spacial score (nSPS) is 26.4. The zero-order valence-electron chi connectivity index (χ0n) is 11.4. The summed E-state index contributed by atoms with van der Waals surface area (Å²) in [5, 5.41) is 0. The molecule has 4 nitrogen and oxygen atoms in total.